The van der Waals surface area contributed by atoms with E-state index in [0.29, 0.717) is 58.1 Å². The maximum atomic E-state index is 14.0. The number of morpholine rings is 1. The third-order valence-corrected chi connectivity index (χ3v) is 9.07. The molecule has 3 aliphatic rings. The van der Waals surface area contributed by atoms with E-state index >= 15 is 0 Å². The number of carbonyl (C=O) groups excluding carboxylic acids is 1. The smallest absolute Gasteiger partial charge is 0.317 e. The van der Waals surface area contributed by atoms with Crippen molar-refractivity contribution in [3.63, 3.8) is 0 Å². The number of rotatable bonds is 7. The zero-order valence-electron chi connectivity index (χ0n) is 18.9. The average molecular weight is 505 g/mol. The lowest BCUT2D eigenvalue weighted by Crippen LogP contribution is -2.52. The lowest BCUT2D eigenvalue weighted by Gasteiger charge is -2.40. The first kappa shape index (κ1) is 25.2. The molecule has 3 heterocycles. The van der Waals surface area contributed by atoms with E-state index in [1.807, 2.05) is 0 Å². The van der Waals surface area contributed by atoms with Crippen LogP contribution in [0.4, 0.5) is 18.0 Å². The fourth-order valence-corrected chi connectivity index (χ4v) is 7.25. The van der Waals surface area contributed by atoms with Gasteiger partial charge in [0.1, 0.15) is 5.82 Å². The lowest BCUT2D eigenvalue weighted by atomic mass is 9.83. The Bertz CT molecular complexity index is 992. The Morgan fingerprint density at radius 3 is 2.35 bits per heavy atom. The summed E-state index contributed by atoms with van der Waals surface area (Å²) >= 11 is 0. The van der Waals surface area contributed by atoms with Crippen LogP contribution in [0, 0.1) is 23.4 Å². The van der Waals surface area contributed by atoms with Gasteiger partial charge in [-0.3, -0.25) is 0 Å². The fraction of sp³-hybridized carbons (Fsp3) is 0.682. The number of nitrogens with zero attached hydrogens (tertiary/aromatic N) is 2. The van der Waals surface area contributed by atoms with Gasteiger partial charge in [-0.25, -0.2) is 26.4 Å². The van der Waals surface area contributed by atoms with Crippen LogP contribution in [0.15, 0.2) is 12.1 Å². The highest BCUT2D eigenvalue weighted by Gasteiger charge is 2.47. The van der Waals surface area contributed by atoms with Crippen molar-refractivity contribution < 1.29 is 31.1 Å². The summed E-state index contributed by atoms with van der Waals surface area (Å²) < 4.78 is 73.7. The van der Waals surface area contributed by atoms with E-state index in [-0.39, 0.29) is 48.3 Å². The van der Waals surface area contributed by atoms with Gasteiger partial charge in [0.2, 0.25) is 10.0 Å². The first-order chi connectivity index (χ1) is 16.2. The largest absolute Gasteiger partial charge is 0.378 e. The van der Waals surface area contributed by atoms with Crippen molar-refractivity contribution in [3.05, 3.63) is 35.1 Å². The first-order valence-corrected chi connectivity index (χ1v) is 13.3. The number of carbonyl (C=O) groups is 1. The number of amides is 2. The van der Waals surface area contributed by atoms with Crippen LogP contribution >= 0.6 is 0 Å². The lowest BCUT2D eigenvalue weighted by molar-refractivity contribution is 0.0533. The number of hydrogen-bond donors (Lipinski definition) is 2. The molecule has 0 saturated carbocycles. The Morgan fingerprint density at radius 2 is 1.71 bits per heavy atom. The highest BCUT2D eigenvalue weighted by molar-refractivity contribution is 7.89. The average Bonchev–Trinajstić information content (AvgIpc) is 3.09. The molecule has 12 heteroatoms. The van der Waals surface area contributed by atoms with E-state index in [1.165, 1.54) is 0 Å². The molecule has 3 fully saturated rings. The number of ether oxygens (including phenoxy) is 1. The second kappa shape index (κ2) is 10.4. The molecule has 0 aromatic heterocycles. The van der Waals surface area contributed by atoms with Gasteiger partial charge in [0, 0.05) is 43.8 Å². The summed E-state index contributed by atoms with van der Waals surface area (Å²) in [6.07, 6.45) is 2.54. The number of sulfonamides is 1. The number of fused-ring (bicyclic) bond motifs is 2. The van der Waals surface area contributed by atoms with Crippen LogP contribution in [-0.4, -0.2) is 80.4 Å². The van der Waals surface area contributed by atoms with Crippen LogP contribution in [0.25, 0.3) is 0 Å². The summed E-state index contributed by atoms with van der Waals surface area (Å²) in [4.78, 5) is 13.8. The third kappa shape index (κ3) is 5.50. The van der Waals surface area contributed by atoms with Crippen molar-refractivity contribution in [1.82, 2.24) is 14.5 Å². The van der Waals surface area contributed by atoms with Crippen molar-refractivity contribution >= 4 is 16.1 Å². The van der Waals surface area contributed by atoms with Gasteiger partial charge in [-0.1, -0.05) is 0 Å². The van der Waals surface area contributed by atoms with Crippen LogP contribution in [0.5, 0.6) is 0 Å². The molecule has 4 rings (SSSR count). The van der Waals surface area contributed by atoms with Gasteiger partial charge in [-0.15, -0.1) is 0 Å². The fourth-order valence-electron chi connectivity index (χ4n) is 5.39. The molecule has 0 aliphatic carbocycles. The highest BCUT2D eigenvalue weighted by atomic mass is 32.2. The molecular formula is C22H31F3N4O4S. The maximum Gasteiger partial charge on any atom is 0.317 e. The van der Waals surface area contributed by atoms with E-state index in [1.54, 1.807) is 9.21 Å². The molecule has 8 nitrogen and oxygen atoms in total. The number of urea groups is 1. The van der Waals surface area contributed by atoms with Crippen LogP contribution in [0.3, 0.4) is 0 Å². The molecular weight excluding hydrogens is 473 g/mol. The molecule has 1 aromatic rings. The van der Waals surface area contributed by atoms with Gasteiger partial charge in [0.25, 0.3) is 0 Å². The van der Waals surface area contributed by atoms with E-state index in [0.717, 1.165) is 6.07 Å². The molecule has 3 saturated heterocycles. The number of hydrogen-bond acceptors (Lipinski definition) is 5. The Kier molecular flexibility index (Phi) is 7.70. The highest BCUT2D eigenvalue weighted by Crippen LogP contribution is 2.42. The topological polar surface area (TPSA) is 105 Å². The molecule has 34 heavy (non-hydrogen) atoms. The minimum atomic E-state index is -3.59. The second-order valence-corrected chi connectivity index (χ2v) is 11.3. The Hall–Kier alpha value is -1.89. The van der Waals surface area contributed by atoms with Crippen LogP contribution in [0.1, 0.15) is 31.2 Å². The summed E-state index contributed by atoms with van der Waals surface area (Å²) in [6.45, 7) is 1.91. The zero-order valence-corrected chi connectivity index (χ0v) is 19.7. The molecule has 0 unspecified atom stereocenters. The van der Waals surface area contributed by atoms with Gasteiger partial charge in [0.15, 0.2) is 11.6 Å². The molecule has 0 spiro atoms. The standard InChI is InChI=1S/C22H31F3N4O4S/c23-18-13-20(25)19(24)11-14(18)12-21(26)15-9-16-1-2-17(10-15)29(16)34(31,32)8-3-27-22(30)28-4-6-33-7-5-28/h11,13,15-17,21H,1-10,12,26H2,(H,27,30)/t16-,17-,21-/m1/s1. The Labute approximate surface area is 197 Å². The van der Waals surface area contributed by atoms with Crippen molar-refractivity contribution in [2.75, 3.05) is 38.6 Å². The van der Waals surface area contributed by atoms with Crippen LogP contribution in [0.2, 0.25) is 0 Å². The number of nitrogens with one attached hydrogen (secondary N) is 1. The first-order valence-electron chi connectivity index (χ1n) is 11.7. The van der Waals surface area contributed by atoms with Crippen LogP contribution < -0.4 is 11.1 Å². The summed E-state index contributed by atoms with van der Waals surface area (Å²) in [5.41, 5.74) is 6.34. The molecule has 3 N–H and O–H groups in total. The summed E-state index contributed by atoms with van der Waals surface area (Å²) in [5.74, 6) is -3.45. The number of piperidine rings is 1. The minimum absolute atomic E-state index is 0.0183. The molecule has 2 amide bonds. The maximum absolute atomic E-state index is 14.0. The summed E-state index contributed by atoms with van der Waals surface area (Å²) in [7, 11) is -3.59. The van der Waals surface area contributed by atoms with E-state index < -0.39 is 33.5 Å². The predicted octanol–water partition coefficient (Wildman–Crippen LogP) is 1.59. The summed E-state index contributed by atoms with van der Waals surface area (Å²) in [5, 5.41) is 2.68. The van der Waals surface area contributed by atoms with Crippen molar-refractivity contribution in [2.45, 2.75) is 50.2 Å². The Balaban J connectivity index is 1.32. The van der Waals surface area contributed by atoms with E-state index in [9.17, 15) is 26.4 Å². The number of halogens is 3. The quantitative estimate of drug-likeness (QED) is 0.549. The second-order valence-electron chi connectivity index (χ2n) is 9.32. The molecule has 190 valence electrons. The predicted molar refractivity (Wildman–Crippen MR) is 119 cm³/mol. The van der Waals surface area contributed by atoms with Gasteiger partial charge < -0.3 is 20.7 Å². The van der Waals surface area contributed by atoms with Crippen LogP contribution in [-0.2, 0) is 21.2 Å². The van der Waals surface area contributed by atoms with Gasteiger partial charge in [-0.05, 0) is 49.7 Å². The molecule has 2 bridgehead atoms. The van der Waals surface area contributed by atoms with Crippen molar-refractivity contribution in [1.29, 1.82) is 0 Å². The molecule has 1 aromatic carbocycles. The van der Waals surface area contributed by atoms with Gasteiger partial charge >= 0.3 is 6.03 Å². The van der Waals surface area contributed by atoms with Crippen molar-refractivity contribution in [3.8, 4) is 0 Å². The van der Waals surface area contributed by atoms with E-state index in [2.05, 4.69) is 5.32 Å². The van der Waals surface area contributed by atoms with E-state index in [4.69, 9.17) is 10.5 Å². The number of benzene rings is 1. The monoisotopic (exact) mass is 504 g/mol. The molecule has 3 atom stereocenters. The van der Waals surface area contributed by atoms with Gasteiger partial charge in [-0.2, -0.15) is 4.31 Å². The number of nitrogens with two attached hydrogens (primary N) is 1. The SMILES string of the molecule is N[C@H](Cc1cc(F)c(F)cc1F)C1C[C@H]2CC[C@H](C1)N2S(=O)(=O)CCNC(=O)N1CCOCC1. The molecule has 0 radical (unpaired) electrons. The normalized spacial score (nSPS) is 26.5. The van der Waals surface area contributed by atoms with Crippen molar-refractivity contribution in [2.24, 2.45) is 11.7 Å². The Morgan fingerprint density at radius 1 is 1.09 bits per heavy atom. The third-order valence-electron chi connectivity index (χ3n) is 7.11. The summed E-state index contributed by atoms with van der Waals surface area (Å²) in [6, 6.07) is 0.155. The minimum Gasteiger partial charge on any atom is -0.378 e. The molecule has 3 aliphatic heterocycles. The zero-order chi connectivity index (χ0) is 24.5. The van der Waals surface area contributed by atoms with Gasteiger partial charge in [0.05, 0.1) is 19.0 Å².